The molecule has 0 fully saturated rings. The molecule has 1 N–H and O–H groups in total. The smallest absolute Gasteiger partial charge is 0.133 e. The maximum absolute atomic E-state index is 10.5. The van der Waals surface area contributed by atoms with Gasteiger partial charge in [0.15, 0.2) is 0 Å². The first-order valence-electron chi connectivity index (χ1n) is 10.00. The second kappa shape index (κ2) is 7.81. The van der Waals surface area contributed by atoms with Crippen LogP contribution >= 0.6 is 0 Å². The molecule has 2 nitrogen and oxygen atoms in total. The first-order valence-corrected chi connectivity index (χ1v) is 10.00. The van der Waals surface area contributed by atoms with E-state index in [-0.39, 0.29) is 0 Å². The van der Waals surface area contributed by atoms with Crippen molar-refractivity contribution in [2.24, 2.45) is 0 Å². The van der Waals surface area contributed by atoms with Crippen molar-refractivity contribution in [3.8, 4) is 17.6 Å². The number of fused-ring (bicyclic) bond motifs is 2. The lowest BCUT2D eigenvalue weighted by Gasteiger charge is -2.10. The zero-order valence-corrected chi connectivity index (χ0v) is 16.4. The van der Waals surface area contributed by atoms with Crippen LogP contribution in [0.5, 0.6) is 5.75 Å². The summed E-state index contributed by atoms with van der Waals surface area (Å²) in [5, 5.41) is 13.7. The Morgan fingerprint density at radius 3 is 2.57 bits per heavy atom. The molecule has 0 amide bonds. The van der Waals surface area contributed by atoms with E-state index in [1.54, 1.807) is 12.3 Å². The van der Waals surface area contributed by atoms with Gasteiger partial charge in [0.2, 0.25) is 0 Å². The molecule has 2 heteroatoms. The molecule has 1 aromatic heterocycles. The van der Waals surface area contributed by atoms with E-state index in [2.05, 4.69) is 42.2 Å². The minimum absolute atomic E-state index is 0.317. The molecule has 0 aliphatic heterocycles. The van der Waals surface area contributed by atoms with Crippen LogP contribution in [0.1, 0.15) is 22.3 Å². The molecule has 0 atom stereocenters. The monoisotopic (exact) mass is 388 g/mol. The van der Waals surface area contributed by atoms with Gasteiger partial charge in [-0.3, -0.25) is 0 Å². The second-order valence-corrected chi connectivity index (χ2v) is 7.43. The molecular weight excluding hydrogens is 368 g/mol. The van der Waals surface area contributed by atoms with Crippen LogP contribution in [-0.4, -0.2) is 5.11 Å². The van der Waals surface area contributed by atoms with E-state index < -0.39 is 0 Å². The number of hydrogen-bond donors (Lipinski definition) is 1. The minimum atomic E-state index is 0.317. The van der Waals surface area contributed by atoms with E-state index in [0.29, 0.717) is 12.2 Å². The number of furan rings is 1. The minimum Gasteiger partial charge on any atom is -0.508 e. The van der Waals surface area contributed by atoms with Crippen molar-refractivity contribution in [1.82, 2.24) is 0 Å². The SMILES string of the molecule is Oc1ccc2cc(C#CCc3ccccc3)ccc2c1Cc1ccc2occc2c1. The van der Waals surface area contributed by atoms with Crippen molar-refractivity contribution in [1.29, 1.82) is 0 Å². The van der Waals surface area contributed by atoms with Gasteiger partial charge in [0.25, 0.3) is 0 Å². The summed E-state index contributed by atoms with van der Waals surface area (Å²) in [5.74, 6) is 6.84. The summed E-state index contributed by atoms with van der Waals surface area (Å²) in [6.45, 7) is 0. The van der Waals surface area contributed by atoms with E-state index in [1.165, 1.54) is 5.56 Å². The molecule has 4 aromatic carbocycles. The Kier molecular flexibility index (Phi) is 4.71. The summed E-state index contributed by atoms with van der Waals surface area (Å²) >= 11 is 0. The number of phenols is 1. The maximum atomic E-state index is 10.5. The topological polar surface area (TPSA) is 33.4 Å². The summed E-state index contributed by atoms with van der Waals surface area (Å²) < 4.78 is 5.43. The predicted octanol–water partition coefficient (Wildman–Crippen LogP) is 6.48. The number of phenolic OH excluding ortho intramolecular Hbond substituents is 1. The number of aromatic hydroxyl groups is 1. The van der Waals surface area contributed by atoms with Gasteiger partial charge in [0, 0.05) is 29.4 Å². The molecule has 0 saturated heterocycles. The van der Waals surface area contributed by atoms with E-state index >= 15 is 0 Å². The fourth-order valence-electron chi connectivity index (χ4n) is 3.82. The Balaban J connectivity index is 1.45. The Bertz CT molecular complexity index is 1400. The predicted molar refractivity (Wildman–Crippen MR) is 122 cm³/mol. The van der Waals surface area contributed by atoms with Crippen molar-refractivity contribution in [2.75, 3.05) is 0 Å². The molecule has 0 aliphatic rings. The van der Waals surface area contributed by atoms with Crippen LogP contribution < -0.4 is 0 Å². The summed E-state index contributed by atoms with van der Waals surface area (Å²) in [7, 11) is 0. The lowest BCUT2D eigenvalue weighted by atomic mass is 9.96. The van der Waals surface area contributed by atoms with E-state index in [0.717, 1.165) is 44.9 Å². The van der Waals surface area contributed by atoms with E-state index in [9.17, 15) is 5.11 Å². The molecule has 5 aromatic rings. The van der Waals surface area contributed by atoms with Crippen LogP contribution in [0, 0.1) is 11.8 Å². The summed E-state index contributed by atoms with van der Waals surface area (Å²) in [5.41, 5.74) is 5.14. The quantitative estimate of drug-likeness (QED) is 0.359. The van der Waals surface area contributed by atoms with Gasteiger partial charge in [-0.05, 0) is 58.3 Å². The standard InChI is InChI=1S/C28H20O2/c29-27-13-11-23-17-21(8-4-7-20-5-2-1-3-6-20)9-12-25(23)26(27)19-22-10-14-28-24(18-22)15-16-30-28/h1-3,5-6,9-18,29H,7,19H2. The van der Waals surface area contributed by atoms with Crippen LogP contribution in [0.2, 0.25) is 0 Å². The highest BCUT2D eigenvalue weighted by Gasteiger charge is 2.09. The van der Waals surface area contributed by atoms with Crippen LogP contribution in [0.25, 0.3) is 21.7 Å². The average Bonchev–Trinajstić information content (AvgIpc) is 3.24. The van der Waals surface area contributed by atoms with Crippen molar-refractivity contribution in [3.05, 3.63) is 113 Å². The third kappa shape index (κ3) is 3.66. The Labute approximate surface area is 175 Å². The van der Waals surface area contributed by atoms with Crippen LogP contribution in [0.4, 0.5) is 0 Å². The molecule has 5 rings (SSSR count). The summed E-state index contributed by atoms with van der Waals surface area (Å²) in [4.78, 5) is 0. The van der Waals surface area contributed by atoms with Gasteiger partial charge in [-0.15, -0.1) is 0 Å². The fraction of sp³-hybridized carbons (Fsp3) is 0.0714. The Hall–Kier alpha value is -3.96. The van der Waals surface area contributed by atoms with Crippen molar-refractivity contribution < 1.29 is 9.52 Å². The summed E-state index contributed by atoms with van der Waals surface area (Å²) in [6.07, 6.45) is 3.09. The third-order valence-electron chi connectivity index (χ3n) is 5.37. The lowest BCUT2D eigenvalue weighted by Crippen LogP contribution is -1.92. The lowest BCUT2D eigenvalue weighted by molar-refractivity contribution is 0.470. The molecule has 144 valence electrons. The number of hydrogen-bond acceptors (Lipinski definition) is 2. The molecule has 0 unspecified atom stereocenters. The molecule has 0 spiro atoms. The van der Waals surface area contributed by atoms with E-state index in [1.807, 2.05) is 48.5 Å². The van der Waals surface area contributed by atoms with Crippen LogP contribution in [0.3, 0.4) is 0 Å². The highest BCUT2D eigenvalue weighted by atomic mass is 16.3. The molecule has 1 heterocycles. The first kappa shape index (κ1) is 18.1. The van der Waals surface area contributed by atoms with Crippen LogP contribution in [0.15, 0.2) is 95.6 Å². The zero-order chi connectivity index (χ0) is 20.3. The normalized spacial score (nSPS) is 10.8. The van der Waals surface area contributed by atoms with Gasteiger partial charge >= 0.3 is 0 Å². The fourth-order valence-corrected chi connectivity index (χ4v) is 3.82. The molecule has 0 saturated carbocycles. The molecule has 30 heavy (non-hydrogen) atoms. The molecule has 0 radical (unpaired) electrons. The number of rotatable bonds is 3. The molecule has 0 bridgehead atoms. The van der Waals surface area contributed by atoms with Crippen LogP contribution in [-0.2, 0) is 12.8 Å². The van der Waals surface area contributed by atoms with Gasteiger partial charge in [0.05, 0.1) is 6.26 Å². The zero-order valence-electron chi connectivity index (χ0n) is 16.4. The maximum Gasteiger partial charge on any atom is 0.133 e. The van der Waals surface area contributed by atoms with Crippen molar-refractivity contribution >= 4 is 21.7 Å². The van der Waals surface area contributed by atoms with Gasteiger partial charge < -0.3 is 9.52 Å². The highest BCUT2D eigenvalue weighted by molar-refractivity contribution is 5.89. The van der Waals surface area contributed by atoms with E-state index in [4.69, 9.17) is 4.42 Å². The first-order chi connectivity index (χ1) is 14.8. The summed E-state index contributed by atoms with van der Waals surface area (Å²) in [6, 6.07) is 28.3. The second-order valence-electron chi connectivity index (χ2n) is 7.43. The number of benzene rings is 4. The third-order valence-corrected chi connectivity index (χ3v) is 5.37. The van der Waals surface area contributed by atoms with Crippen molar-refractivity contribution in [2.45, 2.75) is 12.8 Å². The Morgan fingerprint density at radius 1 is 0.767 bits per heavy atom. The average molecular weight is 388 g/mol. The van der Waals surface area contributed by atoms with Crippen molar-refractivity contribution in [3.63, 3.8) is 0 Å². The van der Waals surface area contributed by atoms with Gasteiger partial charge in [-0.2, -0.15) is 0 Å². The van der Waals surface area contributed by atoms with Gasteiger partial charge in [-0.25, -0.2) is 0 Å². The van der Waals surface area contributed by atoms with Gasteiger partial charge in [-0.1, -0.05) is 60.4 Å². The molecule has 0 aliphatic carbocycles. The molecular formula is C28H20O2. The largest absolute Gasteiger partial charge is 0.508 e. The van der Waals surface area contributed by atoms with Gasteiger partial charge in [0.1, 0.15) is 11.3 Å². The highest BCUT2D eigenvalue weighted by Crippen LogP contribution is 2.31. The Morgan fingerprint density at radius 2 is 1.67 bits per heavy atom.